The number of benzene rings is 2. The first-order valence-electron chi connectivity index (χ1n) is 16.8. The molecule has 0 aliphatic carbocycles. The summed E-state index contributed by atoms with van der Waals surface area (Å²) in [6.45, 7) is 7.80. The SMILES string of the molecule is C=C1CCC(N2C(=O)c3ccc(C(=O)CCCCCCCNC(=O)c4c(C)[nH]c(/C=C5\C(=O)Nc6ccc(F)cc65)c4C)cc3C2=O)C(=O)N1. The van der Waals surface area contributed by atoms with Crippen molar-refractivity contribution in [1.82, 2.24) is 20.5 Å². The molecule has 3 aromatic rings. The molecule has 1 saturated heterocycles. The molecule has 1 unspecified atom stereocenters. The monoisotopic (exact) mass is 679 g/mol. The van der Waals surface area contributed by atoms with Crippen LogP contribution in [0.1, 0.15) is 115 Å². The molecule has 12 heteroatoms. The Kier molecular flexibility index (Phi) is 9.63. The Balaban J connectivity index is 0.936. The van der Waals surface area contributed by atoms with Gasteiger partial charge in [0.05, 0.1) is 22.3 Å². The van der Waals surface area contributed by atoms with Gasteiger partial charge in [-0.3, -0.25) is 33.7 Å². The number of nitrogens with zero attached hydrogens (tertiary/aromatic N) is 1. The fourth-order valence-electron chi connectivity index (χ4n) is 6.81. The summed E-state index contributed by atoms with van der Waals surface area (Å²) in [6.07, 6.45) is 6.66. The molecule has 6 rings (SSSR count). The number of aryl methyl sites for hydroxylation is 1. The summed E-state index contributed by atoms with van der Waals surface area (Å²) in [7, 11) is 0. The third kappa shape index (κ3) is 6.65. The number of carbonyl (C=O) groups is 6. The largest absolute Gasteiger partial charge is 0.358 e. The Hall–Kier alpha value is -5.65. The molecule has 258 valence electrons. The summed E-state index contributed by atoms with van der Waals surface area (Å²) < 4.78 is 13.8. The maximum absolute atomic E-state index is 13.8. The quantitative estimate of drug-likeness (QED) is 0.0844. The van der Waals surface area contributed by atoms with Gasteiger partial charge in [-0.1, -0.05) is 31.9 Å². The Labute approximate surface area is 288 Å². The minimum absolute atomic E-state index is 0.123. The molecule has 0 spiro atoms. The number of hydrogen-bond donors (Lipinski definition) is 4. The molecule has 0 saturated carbocycles. The van der Waals surface area contributed by atoms with Gasteiger partial charge in [-0.25, -0.2) is 4.39 Å². The van der Waals surface area contributed by atoms with Crippen LogP contribution in [0.25, 0.3) is 11.6 Å². The number of imide groups is 1. The Bertz CT molecular complexity index is 2010. The van der Waals surface area contributed by atoms with E-state index in [1.54, 1.807) is 26.0 Å². The number of aromatic nitrogens is 1. The number of fused-ring (bicyclic) bond motifs is 2. The standard InChI is InChI=1S/C38H38FN5O6/c1-20-10-15-31(35(47)41-20)44-37(49)25-13-11-23(17-28(25)38(44)50)32(45)9-7-5-4-6-8-16-40-36(48)33-21(2)30(42-22(33)3)19-27-26-18-24(39)12-14-29(26)43-34(27)46/h11-14,17-19,31,42H,1,4-10,15-16H2,2-3H3,(H,40,48)(H,41,47)(H,43,46)/b27-19-. The van der Waals surface area contributed by atoms with E-state index in [0.29, 0.717) is 82.8 Å². The maximum Gasteiger partial charge on any atom is 0.262 e. The van der Waals surface area contributed by atoms with Crippen molar-refractivity contribution in [3.8, 4) is 0 Å². The lowest BCUT2D eigenvalue weighted by Gasteiger charge is -2.29. The minimum atomic E-state index is -0.904. The van der Waals surface area contributed by atoms with Crippen LogP contribution in [0.2, 0.25) is 0 Å². The topological polar surface area (TPSA) is 158 Å². The number of piperidine rings is 1. The number of carbonyl (C=O) groups excluding carboxylic acids is 6. The molecule has 1 fully saturated rings. The minimum Gasteiger partial charge on any atom is -0.358 e. The lowest BCUT2D eigenvalue weighted by Crippen LogP contribution is -2.51. The molecule has 2 aromatic carbocycles. The highest BCUT2D eigenvalue weighted by molar-refractivity contribution is 6.35. The number of aromatic amines is 1. The number of allylic oxidation sites excluding steroid dienone is 1. The molecule has 4 N–H and O–H groups in total. The number of halogens is 1. The van der Waals surface area contributed by atoms with Crippen LogP contribution in [-0.4, -0.2) is 57.8 Å². The van der Waals surface area contributed by atoms with Gasteiger partial charge in [0, 0.05) is 46.9 Å². The predicted molar refractivity (Wildman–Crippen MR) is 185 cm³/mol. The van der Waals surface area contributed by atoms with Crippen molar-refractivity contribution in [2.45, 2.75) is 71.3 Å². The van der Waals surface area contributed by atoms with Crippen LogP contribution >= 0.6 is 0 Å². The van der Waals surface area contributed by atoms with Crippen molar-refractivity contribution < 1.29 is 33.2 Å². The van der Waals surface area contributed by atoms with Crippen molar-refractivity contribution in [3.05, 3.63) is 99.3 Å². The Morgan fingerprint density at radius 2 is 1.68 bits per heavy atom. The zero-order valence-electron chi connectivity index (χ0n) is 28.0. The number of nitrogens with one attached hydrogen (secondary N) is 4. The molecule has 11 nitrogen and oxygen atoms in total. The van der Waals surface area contributed by atoms with Crippen LogP contribution in [0.5, 0.6) is 0 Å². The lowest BCUT2D eigenvalue weighted by atomic mass is 9.99. The zero-order chi connectivity index (χ0) is 35.7. The van der Waals surface area contributed by atoms with E-state index in [2.05, 4.69) is 27.5 Å². The van der Waals surface area contributed by atoms with Crippen molar-refractivity contribution in [2.24, 2.45) is 0 Å². The first kappa shape index (κ1) is 34.2. The van der Waals surface area contributed by atoms with E-state index in [1.807, 2.05) is 0 Å². The average molecular weight is 680 g/mol. The second-order valence-corrected chi connectivity index (χ2v) is 13.0. The molecule has 1 aromatic heterocycles. The highest BCUT2D eigenvalue weighted by Crippen LogP contribution is 2.35. The van der Waals surface area contributed by atoms with Crippen molar-refractivity contribution >= 4 is 52.7 Å². The Morgan fingerprint density at radius 1 is 0.940 bits per heavy atom. The van der Waals surface area contributed by atoms with Crippen LogP contribution < -0.4 is 16.0 Å². The van der Waals surface area contributed by atoms with Gasteiger partial charge in [0.25, 0.3) is 23.6 Å². The number of unbranched alkanes of at least 4 members (excludes halogenated alkanes) is 4. The predicted octanol–water partition coefficient (Wildman–Crippen LogP) is 5.60. The molecule has 50 heavy (non-hydrogen) atoms. The summed E-state index contributed by atoms with van der Waals surface area (Å²) in [5.74, 6) is -2.67. The second kappa shape index (κ2) is 14.1. The number of rotatable bonds is 12. The Morgan fingerprint density at radius 3 is 2.46 bits per heavy atom. The van der Waals surface area contributed by atoms with Gasteiger partial charge in [0.1, 0.15) is 11.9 Å². The normalized spacial score (nSPS) is 17.6. The molecule has 3 aliphatic rings. The van der Waals surface area contributed by atoms with Crippen LogP contribution in [0, 0.1) is 19.7 Å². The van der Waals surface area contributed by atoms with Crippen LogP contribution in [0.15, 0.2) is 48.7 Å². The fraction of sp³-hybridized carbons (Fsp3) is 0.316. The van der Waals surface area contributed by atoms with Gasteiger partial charge in [0.2, 0.25) is 5.91 Å². The first-order valence-corrected chi connectivity index (χ1v) is 16.8. The van der Waals surface area contributed by atoms with Crippen molar-refractivity contribution in [3.63, 3.8) is 0 Å². The number of ketones is 1. The summed E-state index contributed by atoms with van der Waals surface area (Å²) in [5, 5.41) is 8.30. The van der Waals surface area contributed by atoms with E-state index in [-0.39, 0.29) is 28.7 Å². The third-order valence-electron chi connectivity index (χ3n) is 9.50. The lowest BCUT2D eigenvalue weighted by molar-refractivity contribution is -0.125. The number of anilines is 1. The second-order valence-electron chi connectivity index (χ2n) is 13.0. The van der Waals surface area contributed by atoms with E-state index in [9.17, 15) is 33.2 Å². The molecule has 0 bridgehead atoms. The first-order chi connectivity index (χ1) is 23.9. The number of H-pyrrole nitrogens is 1. The number of amides is 5. The summed E-state index contributed by atoms with van der Waals surface area (Å²) in [5.41, 5.74) is 5.03. The van der Waals surface area contributed by atoms with E-state index >= 15 is 0 Å². The van der Waals surface area contributed by atoms with Crippen LogP contribution in [0.3, 0.4) is 0 Å². The molecular weight excluding hydrogens is 641 g/mol. The molecule has 4 heterocycles. The highest BCUT2D eigenvalue weighted by Gasteiger charge is 2.44. The fourth-order valence-corrected chi connectivity index (χ4v) is 6.81. The summed E-state index contributed by atoms with van der Waals surface area (Å²) >= 11 is 0. The van der Waals surface area contributed by atoms with E-state index < -0.39 is 29.6 Å². The van der Waals surface area contributed by atoms with Crippen LogP contribution in [0.4, 0.5) is 10.1 Å². The molecule has 0 radical (unpaired) electrons. The van der Waals surface area contributed by atoms with Gasteiger partial charge >= 0.3 is 0 Å². The average Bonchev–Trinajstić information content (AvgIpc) is 3.64. The number of Topliss-reactive ketones (excluding diaryl/α,β-unsaturated/α-hetero) is 1. The molecule has 1 atom stereocenters. The summed E-state index contributed by atoms with van der Waals surface area (Å²) in [4.78, 5) is 81.1. The third-order valence-corrected chi connectivity index (χ3v) is 9.50. The van der Waals surface area contributed by atoms with E-state index in [1.165, 1.54) is 30.3 Å². The van der Waals surface area contributed by atoms with Gasteiger partial charge in [-0.05, 0) is 81.5 Å². The van der Waals surface area contributed by atoms with Gasteiger partial charge in [0.15, 0.2) is 5.78 Å². The van der Waals surface area contributed by atoms with E-state index in [0.717, 1.165) is 30.6 Å². The van der Waals surface area contributed by atoms with Gasteiger partial charge in [-0.15, -0.1) is 0 Å². The van der Waals surface area contributed by atoms with Gasteiger partial charge < -0.3 is 20.9 Å². The van der Waals surface area contributed by atoms with Crippen molar-refractivity contribution in [1.29, 1.82) is 0 Å². The zero-order valence-corrected chi connectivity index (χ0v) is 28.0. The highest BCUT2D eigenvalue weighted by atomic mass is 19.1. The smallest absolute Gasteiger partial charge is 0.262 e. The van der Waals surface area contributed by atoms with Gasteiger partial charge in [-0.2, -0.15) is 0 Å². The number of hydrogen-bond acceptors (Lipinski definition) is 6. The molecular formula is C38H38FN5O6. The molecule has 3 aliphatic heterocycles. The van der Waals surface area contributed by atoms with Crippen LogP contribution in [-0.2, 0) is 9.59 Å². The molecule has 5 amide bonds. The van der Waals surface area contributed by atoms with Crippen molar-refractivity contribution in [2.75, 3.05) is 11.9 Å². The summed E-state index contributed by atoms with van der Waals surface area (Å²) in [6, 6.07) is 7.71. The van der Waals surface area contributed by atoms with E-state index in [4.69, 9.17) is 0 Å². The maximum atomic E-state index is 13.8.